The quantitative estimate of drug-likeness (QED) is 0.510. The Morgan fingerprint density at radius 3 is 2.82 bits per heavy atom. The molecule has 1 aliphatic heterocycles. The normalized spacial score (nSPS) is 15.3. The third-order valence-electron chi connectivity index (χ3n) is 1.82. The van der Waals surface area contributed by atoms with Crippen molar-refractivity contribution in [2.45, 2.75) is 13.0 Å². The van der Waals surface area contributed by atoms with Crippen LogP contribution in [0.2, 0.25) is 0 Å². The number of nitrogens with one attached hydrogen (secondary N) is 3. The van der Waals surface area contributed by atoms with Gasteiger partial charge in [-0.2, -0.15) is 0 Å². The Hall–Kier alpha value is -0.740. The van der Waals surface area contributed by atoms with E-state index < -0.39 is 0 Å². The Morgan fingerprint density at radius 2 is 2.09 bits per heavy atom. The van der Waals surface area contributed by atoms with Gasteiger partial charge in [-0.3, -0.25) is 9.89 Å². The Kier molecular flexibility index (Phi) is 2.36. The Labute approximate surface area is 69.8 Å². The van der Waals surface area contributed by atoms with E-state index in [2.05, 4.69) is 15.5 Å². The summed E-state index contributed by atoms with van der Waals surface area (Å²) in [5.74, 6) is 0. The lowest BCUT2D eigenvalue weighted by molar-refractivity contribution is 0.632. The second kappa shape index (κ2) is 3.11. The lowest BCUT2D eigenvalue weighted by Crippen LogP contribution is -2.25. The molecule has 1 aliphatic rings. The highest BCUT2D eigenvalue weighted by molar-refractivity contribution is 5.85. The third kappa shape index (κ3) is 1.32. The van der Waals surface area contributed by atoms with Crippen LogP contribution in [0.4, 0.5) is 0 Å². The molecule has 0 saturated heterocycles. The molecule has 0 aromatic carbocycles. The average molecular weight is 176 g/mol. The SMILES string of the molecule is Cl.O=c1[nH][nH]c2c1CCNC2. The maximum Gasteiger partial charge on any atom is 0.267 e. The molecule has 0 amide bonds. The minimum absolute atomic E-state index is 0. The molecule has 1 aromatic heterocycles. The van der Waals surface area contributed by atoms with Crippen molar-refractivity contribution in [1.29, 1.82) is 0 Å². The summed E-state index contributed by atoms with van der Waals surface area (Å²) in [6.07, 6.45) is 0.841. The van der Waals surface area contributed by atoms with Gasteiger partial charge >= 0.3 is 0 Å². The molecule has 0 fully saturated rings. The van der Waals surface area contributed by atoms with Crippen molar-refractivity contribution in [3.8, 4) is 0 Å². The fourth-order valence-corrected chi connectivity index (χ4v) is 1.26. The summed E-state index contributed by atoms with van der Waals surface area (Å²) in [7, 11) is 0. The maximum atomic E-state index is 10.9. The number of halogens is 1. The molecule has 3 N–H and O–H groups in total. The lowest BCUT2D eigenvalue weighted by Gasteiger charge is -2.09. The van der Waals surface area contributed by atoms with E-state index in [0.29, 0.717) is 0 Å². The number of rotatable bonds is 0. The van der Waals surface area contributed by atoms with E-state index >= 15 is 0 Å². The van der Waals surface area contributed by atoms with Crippen molar-refractivity contribution in [3.63, 3.8) is 0 Å². The zero-order valence-electron chi connectivity index (χ0n) is 5.94. The van der Waals surface area contributed by atoms with Gasteiger partial charge in [-0.25, -0.2) is 0 Å². The highest BCUT2D eigenvalue weighted by Crippen LogP contribution is 2.03. The minimum Gasteiger partial charge on any atom is -0.311 e. The van der Waals surface area contributed by atoms with Crippen LogP contribution in [-0.2, 0) is 13.0 Å². The van der Waals surface area contributed by atoms with Crippen LogP contribution in [0.25, 0.3) is 0 Å². The molecule has 0 spiro atoms. The zero-order valence-corrected chi connectivity index (χ0v) is 6.75. The third-order valence-corrected chi connectivity index (χ3v) is 1.82. The van der Waals surface area contributed by atoms with Gasteiger partial charge in [-0.05, 0) is 13.0 Å². The number of fused-ring (bicyclic) bond motifs is 1. The van der Waals surface area contributed by atoms with Gasteiger partial charge < -0.3 is 10.4 Å². The topological polar surface area (TPSA) is 60.7 Å². The van der Waals surface area contributed by atoms with Crippen LogP contribution in [0, 0.1) is 0 Å². The van der Waals surface area contributed by atoms with E-state index in [0.717, 1.165) is 30.8 Å². The van der Waals surface area contributed by atoms with Crippen LogP contribution in [0.15, 0.2) is 4.79 Å². The Morgan fingerprint density at radius 1 is 1.27 bits per heavy atom. The number of aromatic amines is 2. The summed E-state index contributed by atoms with van der Waals surface area (Å²) in [4.78, 5) is 10.9. The first-order chi connectivity index (χ1) is 4.88. The van der Waals surface area contributed by atoms with Gasteiger partial charge in [-0.15, -0.1) is 12.4 Å². The summed E-state index contributed by atoms with van der Waals surface area (Å²) >= 11 is 0. The molecule has 0 unspecified atom stereocenters. The van der Waals surface area contributed by atoms with Crippen LogP contribution in [0.5, 0.6) is 0 Å². The fourth-order valence-electron chi connectivity index (χ4n) is 1.26. The molecule has 0 aliphatic carbocycles. The predicted octanol–water partition coefficient (Wildman–Crippen LogP) is -0.230. The van der Waals surface area contributed by atoms with Gasteiger partial charge in [0.25, 0.3) is 5.56 Å². The molecule has 0 atom stereocenters. The minimum atomic E-state index is 0. The molecule has 0 radical (unpaired) electrons. The Balaban J connectivity index is 0.000000605. The summed E-state index contributed by atoms with van der Waals surface area (Å²) in [5, 5.41) is 8.55. The highest BCUT2D eigenvalue weighted by Gasteiger charge is 2.12. The van der Waals surface area contributed by atoms with Crippen LogP contribution < -0.4 is 10.9 Å². The van der Waals surface area contributed by atoms with Crippen LogP contribution in [0.1, 0.15) is 11.3 Å². The van der Waals surface area contributed by atoms with Crippen molar-refractivity contribution < 1.29 is 0 Å². The molecule has 2 heterocycles. The first-order valence-electron chi connectivity index (χ1n) is 3.37. The van der Waals surface area contributed by atoms with Gasteiger partial charge in [0.05, 0.1) is 5.69 Å². The second-order valence-corrected chi connectivity index (χ2v) is 2.46. The fraction of sp³-hybridized carbons (Fsp3) is 0.500. The van der Waals surface area contributed by atoms with Gasteiger partial charge in [0.15, 0.2) is 0 Å². The molecule has 4 nitrogen and oxygen atoms in total. The van der Waals surface area contributed by atoms with E-state index in [1.807, 2.05) is 0 Å². The molecule has 11 heavy (non-hydrogen) atoms. The Bertz CT molecular complexity index is 290. The van der Waals surface area contributed by atoms with Crippen LogP contribution >= 0.6 is 12.4 Å². The van der Waals surface area contributed by atoms with Gasteiger partial charge in [0.1, 0.15) is 0 Å². The number of H-pyrrole nitrogens is 2. The van der Waals surface area contributed by atoms with E-state index in [9.17, 15) is 4.79 Å². The number of hydrogen-bond acceptors (Lipinski definition) is 2. The second-order valence-electron chi connectivity index (χ2n) is 2.46. The molecule has 62 valence electrons. The van der Waals surface area contributed by atoms with E-state index in [4.69, 9.17) is 0 Å². The van der Waals surface area contributed by atoms with Gasteiger partial charge in [-0.1, -0.05) is 0 Å². The highest BCUT2D eigenvalue weighted by atomic mass is 35.5. The molecular weight excluding hydrogens is 166 g/mol. The summed E-state index contributed by atoms with van der Waals surface area (Å²) in [6.45, 7) is 1.70. The molecule has 2 rings (SSSR count). The van der Waals surface area contributed by atoms with Crippen molar-refractivity contribution in [2.24, 2.45) is 0 Å². The molecule has 1 aromatic rings. The molecule has 5 heteroatoms. The standard InChI is InChI=1S/C6H9N3O.ClH/c10-6-4-1-2-7-3-5(4)8-9-6;/h7H,1-3H2,(H2,8,9,10);1H. The van der Waals surface area contributed by atoms with Crippen molar-refractivity contribution >= 4 is 12.4 Å². The maximum absolute atomic E-state index is 10.9. The zero-order chi connectivity index (χ0) is 6.97. The first-order valence-corrected chi connectivity index (χ1v) is 3.37. The van der Waals surface area contributed by atoms with Crippen molar-refractivity contribution in [1.82, 2.24) is 15.5 Å². The lowest BCUT2D eigenvalue weighted by atomic mass is 10.1. The van der Waals surface area contributed by atoms with Crippen LogP contribution in [-0.4, -0.2) is 16.7 Å². The van der Waals surface area contributed by atoms with Crippen molar-refractivity contribution in [3.05, 3.63) is 21.6 Å². The summed E-state index contributed by atoms with van der Waals surface area (Å²) in [5.41, 5.74) is 1.96. The molecule has 0 bridgehead atoms. The molecular formula is C6H10ClN3O. The smallest absolute Gasteiger partial charge is 0.267 e. The number of aromatic nitrogens is 2. The average Bonchev–Trinajstić information content (AvgIpc) is 2.34. The monoisotopic (exact) mass is 175 g/mol. The van der Waals surface area contributed by atoms with E-state index in [1.165, 1.54) is 0 Å². The summed E-state index contributed by atoms with van der Waals surface area (Å²) < 4.78 is 0. The summed E-state index contributed by atoms with van der Waals surface area (Å²) in [6, 6.07) is 0. The van der Waals surface area contributed by atoms with E-state index in [1.54, 1.807) is 0 Å². The van der Waals surface area contributed by atoms with Gasteiger partial charge in [0.2, 0.25) is 0 Å². The largest absolute Gasteiger partial charge is 0.311 e. The van der Waals surface area contributed by atoms with Gasteiger partial charge in [0, 0.05) is 12.1 Å². The van der Waals surface area contributed by atoms with Crippen molar-refractivity contribution in [2.75, 3.05) is 6.54 Å². The number of hydrogen-bond donors (Lipinski definition) is 3. The molecule has 0 saturated carbocycles. The predicted molar refractivity (Wildman–Crippen MR) is 44.1 cm³/mol. The van der Waals surface area contributed by atoms with Crippen LogP contribution in [0.3, 0.4) is 0 Å². The van der Waals surface area contributed by atoms with E-state index in [-0.39, 0.29) is 18.0 Å². The first kappa shape index (κ1) is 8.36.